The molecule has 0 atom stereocenters. The van der Waals surface area contributed by atoms with E-state index in [1.807, 2.05) is 0 Å². The molecule has 102 valence electrons. The van der Waals surface area contributed by atoms with Crippen molar-refractivity contribution in [3.05, 3.63) is 37.9 Å². The molecule has 1 amide bonds. The summed E-state index contributed by atoms with van der Waals surface area (Å²) in [5.41, 5.74) is -4.89. The molecule has 0 saturated heterocycles. The monoisotopic (exact) mass is 279 g/mol. The Bertz CT molecular complexity index is 522. The summed E-state index contributed by atoms with van der Waals surface area (Å²) in [4.78, 5) is 28.9. The Hall–Kier alpha value is -2.72. The van der Waals surface area contributed by atoms with E-state index in [9.17, 15) is 38.2 Å². The standard InChI is InChI=1S/C8H4F3N3O5/c9-8(10,11)4-1-5(13(16)17)7(12-3-15)6(2-4)14(18)19/h1-3H,(H,12,15). The Morgan fingerprint density at radius 1 is 1.11 bits per heavy atom. The van der Waals surface area contributed by atoms with Gasteiger partial charge >= 0.3 is 6.18 Å². The van der Waals surface area contributed by atoms with Crippen LogP contribution in [0, 0.1) is 20.2 Å². The molecule has 0 aliphatic heterocycles. The van der Waals surface area contributed by atoms with Crippen LogP contribution in [0.2, 0.25) is 0 Å². The van der Waals surface area contributed by atoms with E-state index >= 15 is 0 Å². The number of anilines is 1. The lowest BCUT2D eigenvalue weighted by Gasteiger charge is -2.08. The van der Waals surface area contributed by atoms with Crippen molar-refractivity contribution >= 4 is 23.5 Å². The zero-order chi connectivity index (χ0) is 14.8. The molecule has 0 aromatic heterocycles. The van der Waals surface area contributed by atoms with Gasteiger partial charge < -0.3 is 5.32 Å². The maximum absolute atomic E-state index is 12.5. The van der Waals surface area contributed by atoms with Crippen LogP contribution in [0.4, 0.5) is 30.2 Å². The molecule has 0 aliphatic rings. The fourth-order valence-corrected chi connectivity index (χ4v) is 1.27. The highest BCUT2D eigenvalue weighted by Gasteiger charge is 2.37. The van der Waals surface area contributed by atoms with Crippen LogP contribution in [0.3, 0.4) is 0 Å². The first-order chi connectivity index (χ1) is 8.68. The molecule has 19 heavy (non-hydrogen) atoms. The number of hydrogen-bond acceptors (Lipinski definition) is 5. The first kappa shape index (κ1) is 14.3. The van der Waals surface area contributed by atoms with Crippen LogP contribution in [0.5, 0.6) is 0 Å². The van der Waals surface area contributed by atoms with E-state index in [1.54, 1.807) is 5.32 Å². The summed E-state index contributed by atoms with van der Waals surface area (Å²) in [6.07, 6.45) is -5.10. The fraction of sp³-hybridized carbons (Fsp3) is 0.125. The highest BCUT2D eigenvalue weighted by atomic mass is 19.4. The van der Waals surface area contributed by atoms with Crippen LogP contribution in [0.15, 0.2) is 12.1 Å². The Morgan fingerprint density at radius 3 is 1.79 bits per heavy atom. The molecule has 0 bridgehead atoms. The number of carbonyl (C=O) groups is 1. The van der Waals surface area contributed by atoms with Gasteiger partial charge in [-0.2, -0.15) is 13.2 Å². The van der Waals surface area contributed by atoms with Crippen molar-refractivity contribution in [3.8, 4) is 0 Å². The number of alkyl halides is 3. The Kier molecular flexibility index (Phi) is 3.68. The van der Waals surface area contributed by atoms with Gasteiger partial charge in [0.2, 0.25) is 6.41 Å². The van der Waals surface area contributed by atoms with E-state index in [1.165, 1.54) is 0 Å². The summed E-state index contributed by atoms with van der Waals surface area (Å²) in [6, 6.07) is 0.220. The molecule has 1 aromatic carbocycles. The van der Waals surface area contributed by atoms with Crippen LogP contribution < -0.4 is 5.32 Å². The van der Waals surface area contributed by atoms with E-state index in [4.69, 9.17) is 0 Å². The predicted octanol–water partition coefficient (Wildman–Crippen LogP) is 2.09. The minimum Gasteiger partial charge on any atom is -0.317 e. The molecular formula is C8H4F3N3O5. The van der Waals surface area contributed by atoms with Gasteiger partial charge in [0, 0.05) is 12.1 Å². The lowest BCUT2D eigenvalue weighted by molar-refractivity contribution is -0.392. The van der Waals surface area contributed by atoms with Crippen molar-refractivity contribution in [2.45, 2.75) is 6.18 Å². The van der Waals surface area contributed by atoms with Gasteiger partial charge in [0.15, 0.2) is 5.69 Å². The predicted molar refractivity (Wildman–Crippen MR) is 54.4 cm³/mol. The molecule has 1 N–H and O–H groups in total. The number of nitrogens with one attached hydrogen (secondary N) is 1. The van der Waals surface area contributed by atoms with Crippen molar-refractivity contribution in [3.63, 3.8) is 0 Å². The number of hydrogen-bond donors (Lipinski definition) is 1. The molecule has 8 nitrogen and oxygen atoms in total. The van der Waals surface area contributed by atoms with Crippen LogP contribution >= 0.6 is 0 Å². The number of halogens is 3. The lowest BCUT2D eigenvalue weighted by Crippen LogP contribution is -2.10. The van der Waals surface area contributed by atoms with Gasteiger partial charge in [-0.3, -0.25) is 25.0 Å². The van der Waals surface area contributed by atoms with Crippen molar-refractivity contribution in [1.82, 2.24) is 0 Å². The van der Waals surface area contributed by atoms with Crippen molar-refractivity contribution in [2.75, 3.05) is 5.32 Å². The Balaban J connectivity index is 3.67. The molecule has 0 heterocycles. The van der Waals surface area contributed by atoms with Gasteiger partial charge in [0.1, 0.15) is 0 Å². The zero-order valence-corrected chi connectivity index (χ0v) is 8.80. The van der Waals surface area contributed by atoms with Crippen LogP contribution in [0.1, 0.15) is 5.56 Å². The Labute approximate surface area is 102 Å². The zero-order valence-electron chi connectivity index (χ0n) is 8.80. The number of rotatable bonds is 4. The SMILES string of the molecule is O=CNc1c([N+](=O)[O-])cc(C(F)(F)F)cc1[N+](=O)[O-]. The molecule has 1 rings (SSSR count). The van der Waals surface area contributed by atoms with E-state index in [-0.39, 0.29) is 18.5 Å². The fourth-order valence-electron chi connectivity index (χ4n) is 1.27. The summed E-state index contributed by atoms with van der Waals surface area (Å²) in [7, 11) is 0. The molecule has 0 aliphatic carbocycles. The van der Waals surface area contributed by atoms with Gasteiger partial charge in [-0.15, -0.1) is 0 Å². The molecular weight excluding hydrogens is 275 g/mol. The first-order valence-electron chi connectivity index (χ1n) is 4.42. The van der Waals surface area contributed by atoms with E-state index < -0.39 is 38.6 Å². The average Bonchev–Trinajstić information content (AvgIpc) is 2.27. The number of nitrogens with zero attached hydrogens (tertiary/aromatic N) is 2. The third-order valence-corrected chi connectivity index (χ3v) is 2.02. The van der Waals surface area contributed by atoms with E-state index in [0.717, 1.165) is 0 Å². The number of nitro benzene ring substituents is 2. The maximum Gasteiger partial charge on any atom is 0.416 e. The highest BCUT2D eigenvalue weighted by Crippen LogP contribution is 2.40. The van der Waals surface area contributed by atoms with Gasteiger partial charge in [-0.25, -0.2) is 0 Å². The summed E-state index contributed by atoms with van der Waals surface area (Å²) >= 11 is 0. The highest BCUT2D eigenvalue weighted by molar-refractivity contribution is 5.85. The van der Waals surface area contributed by atoms with E-state index in [2.05, 4.69) is 0 Å². The van der Waals surface area contributed by atoms with Gasteiger partial charge in [0.05, 0.1) is 15.4 Å². The summed E-state index contributed by atoms with van der Waals surface area (Å²) in [6.45, 7) is 0. The third kappa shape index (κ3) is 2.94. The van der Waals surface area contributed by atoms with Crippen molar-refractivity contribution in [1.29, 1.82) is 0 Å². The normalized spacial score (nSPS) is 10.9. The van der Waals surface area contributed by atoms with E-state index in [0.29, 0.717) is 0 Å². The maximum atomic E-state index is 12.5. The third-order valence-electron chi connectivity index (χ3n) is 2.02. The van der Waals surface area contributed by atoms with Crippen molar-refractivity contribution < 1.29 is 27.8 Å². The van der Waals surface area contributed by atoms with Crippen LogP contribution in [-0.2, 0) is 11.0 Å². The second-order valence-corrected chi connectivity index (χ2v) is 3.16. The summed E-state index contributed by atoms with van der Waals surface area (Å²) in [5.74, 6) is 0. The molecule has 0 unspecified atom stereocenters. The molecule has 11 heteroatoms. The minimum absolute atomic E-state index is 0.109. The van der Waals surface area contributed by atoms with Gasteiger partial charge in [-0.05, 0) is 0 Å². The quantitative estimate of drug-likeness (QED) is 0.514. The molecule has 0 fully saturated rings. The topological polar surface area (TPSA) is 115 Å². The lowest BCUT2D eigenvalue weighted by atomic mass is 10.1. The minimum atomic E-state index is -4.99. The number of nitro groups is 2. The summed E-state index contributed by atoms with van der Waals surface area (Å²) in [5, 5.41) is 22.9. The molecule has 0 spiro atoms. The average molecular weight is 279 g/mol. The molecule has 0 radical (unpaired) electrons. The largest absolute Gasteiger partial charge is 0.416 e. The second kappa shape index (κ2) is 4.88. The first-order valence-corrected chi connectivity index (χ1v) is 4.42. The second-order valence-electron chi connectivity index (χ2n) is 3.16. The Morgan fingerprint density at radius 2 is 1.53 bits per heavy atom. The molecule has 0 saturated carbocycles. The number of benzene rings is 1. The smallest absolute Gasteiger partial charge is 0.317 e. The van der Waals surface area contributed by atoms with Crippen molar-refractivity contribution in [2.24, 2.45) is 0 Å². The number of amides is 1. The molecule has 1 aromatic rings. The van der Waals surface area contributed by atoms with Crippen LogP contribution in [-0.4, -0.2) is 16.3 Å². The number of carbonyl (C=O) groups excluding carboxylic acids is 1. The van der Waals surface area contributed by atoms with Crippen LogP contribution in [0.25, 0.3) is 0 Å². The van der Waals surface area contributed by atoms with Gasteiger partial charge in [-0.1, -0.05) is 0 Å². The summed E-state index contributed by atoms with van der Waals surface area (Å²) < 4.78 is 37.4. The van der Waals surface area contributed by atoms with Gasteiger partial charge in [0.25, 0.3) is 11.4 Å².